The van der Waals surface area contributed by atoms with E-state index in [1.165, 1.54) is 4.90 Å². The summed E-state index contributed by atoms with van der Waals surface area (Å²) in [5, 5.41) is 12.6. The molecular weight excluding hydrogens is 396 g/mol. The van der Waals surface area contributed by atoms with E-state index in [2.05, 4.69) is 11.4 Å². The zero-order valence-corrected chi connectivity index (χ0v) is 17.3. The lowest BCUT2D eigenvalue weighted by Crippen LogP contribution is -2.54. The lowest BCUT2D eigenvalue weighted by atomic mass is 10.1. The molecule has 6 nitrogen and oxygen atoms in total. The smallest absolute Gasteiger partial charge is 0.270 e. The molecule has 1 aromatic heterocycles. The van der Waals surface area contributed by atoms with Crippen LogP contribution in [0.3, 0.4) is 0 Å². The minimum atomic E-state index is -0.539. The third-order valence-electron chi connectivity index (χ3n) is 4.93. The SMILES string of the molecule is Cc1cc(C)cc(N2C(=O)/C(=C/c3cn(CC#N)c4ccccc34)C(=O)NC2=S)c1. The number of amides is 2. The standard InChI is InChI=1S/C23H18N4O2S/c1-14-9-15(2)11-17(10-14)27-22(29)19(21(28)25-23(27)30)12-16-13-26(8-7-24)20-6-4-3-5-18(16)20/h3-6,9-13H,8H2,1-2H3,(H,25,28,30)/b19-12+. The van der Waals surface area contributed by atoms with Gasteiger partial charge in [0.2, 0.25) is 0 Å². The molecule has 30 heavy (non-hydrogen) atoms. The largest absolute Gasteiger partial charge is 0.333 e. The summed E-state index contributed by atoms with van der Waals surface area (Å²) in [5.74, 6) is -1.02. The van der Waals surface area contributed by atoms with Crippen LogP contribution in [0.2, 0.25) is 0 Å². The highest BCUT2D eigenvalue weighted by Gasteiger charge is 2.34. The Bertz CT molecular complexity index is 1280. The lowest BCUT2D eigenvalue weighted by Gasteiger charge is -2.29. The van der Waals surface area contributed by atoms with Crippen LogP contribution in [0.4, 0.5) is 5.69 Å². The van der Waals surface area contributed by atoms with Crippen molar-refractivity contribution in [2.45, 2.75) is 20.4 Å². The molecule has 0 saturated carbocycles. The van der Waals surface area contributed by atoms with Crippen molar-refractivity contribution in [1.29, 1.82) is 5.26 Å². The molecule has 0 atom stereocenters. The first kappa shape index (κ1) is 19.6. The molecule has 0 aliphatic carbocycles. The fourth-order valence-corrected chi connectivity index (χ4v) is 4.01. The normalized spacial score (nSPS) is 15.6. The predicted molar refractivity (Wildman–Crippen MR) is 120 cm³/mol. The number of fused-ring (bicyclic) bond motifs is 1. The molecule has 3 aromatic rings. The van der Waals surface area contributed by atoms with Crippen LogP contribution in [0.5, 0.6) is 0 Å². The van der Waals surface area contributed by atoms with E-state index in [1.807, 2.05) is 56.3 Å². The van der Waals surface area contributed by atoms with Crippen molar-refractivity contribution in [2.75, 3.05) is 4.90 Å². The minimum Gasteiger partial charge on any atom is -0.333 e. The van der Waals surface area contributed by atoms with Crippen LogP contribution >= 0.6 is 12.2 Å². The van der Waals surface area contributed by atoms with E-state index < -0.39 is 11.8 Å². The number of hydrogen-bond donors (Lipinski definition) is 1. The Labute approximate surface area is 179 Å². The summed E-state index contributed by atoms with van der Waals surface area (Å²) in [6.45, 7) is 4.04. The van der Waals surface area contributed by atoms with Crippen molar-refractivity contribution >= 4 is 51.8 Å². The molecule has 2 heterocycles. The van der Waals surface area contributed by atoms with Gasteiger partial charge in [-0.15, -0.1) is 0 Å². The van der Waals surface area contributed by atoms with Crippen LogP contribution in [-0.2, 0) is 16.1 Å². The van der Waals surface area contributed by atoms with Crippen LogP contribution in [-0.4, -0.2) is 21.5 Å². The summed E-state index contributed by atoms with van der Waals surface area (Å²) in [7, 11) is 0. The molecule has 1 aliphatic heterocycles. The number of nitrogens with one attached hydrogen (secondary N) is 1. The van der Waals surface area contributed by atoms with Crippen molar-refractivity contribution in [1.82, 2.24) is 9.88 Å². The molecule has 148 valence electrons. The summed E-state index contributed by atoms with van der Waals surface area (Å²) >= 11 is 5.29. The number of rotatable bonds is 3. The number of anilines is 1. The summed E-state index contributed by atoms with van der Waals surface area (Å²) in [6.07, 6.45) is 3.33. The highest BCUT2D eigenvalue weighted by atomic mass is 32.1. The van der Waals surface area contributed by atoms with Crippen molar-refractivity contribution in [3.05, 3.63) is 70.9 Å². The van der Waals surface area contributed by atoms with Gasteiger partial charge >= 0.3 is 0 Å². The topological polar surface area (TPSA) is 78.1 Å². The first-order chi connectivity index (χ1) is 14.4. The van der Waals surface area contributed by atoms with Crippen LogP contribution in [0, 0.1) is 25.2 Å². The molecule has 1 N–H and O–H groups in total. The minimum absolute atomic E-state index is 0.0115. The van der Waals surface area contributed by atoms with Crippen molar-refractivity contribution in [3.8, 4) is 6.07 Å². The number of para-hydroxylation sites is 1. The maximum Gasteiger partial charge on any atom is 0.270 e. The third-order valence-corrected chi connectivity index (χ3v) is 5.21. The zero-order chi connectivity index (χ0) is 21.4. The Morgan fingerprint density at radius 2 is 1.83 bits per heavy atom. The number of benzene rings is 2. The molecule has 2 aromatic carbocycles. The van der Waals surface area contributed by atoms with E-state index in [-0.39, 0.29) is 17.2 Å². The van der Waals surface area contributed by atoms with Gasteiger partial charge in [0.25, 0.3) is 11.8 Å². The monoisotopic (exact) mass is 414 g/mol. The van der Waals surface area contributed by atoms with Gasteiger partial charge < -0.3 is 4.57 Å². The van der Waals surface area contributed by atoms with E-state index in [0.717, 1.165) is 22.0 Å². The number of hydrogen-bond acceptors (Lipinski definition) is 4. The molecule has 1 aliphatic rings. The van der Waals surface area contributed by atoms with Gasteiger partial charge in [-0.05, 0) is 61.5 Å². The van der Waals surface area contributed by atoms with Crippen molar-refractivity contribution < 1.29 is 9.59 Å². The number of thiocarbonyl (C=S) groups is 1. The fourth-order valence-electron chi connectivity index (χ4n) is 3.72. The van der Waals surface area contributed by atoms with Gasteiger partial charge in [0.1, 0.15) is 12.1 Å². The van der Waals surface area contributed by atoms with Crippen molar-refractivity contribution in [3.63, 3.8) is 0 Å². The molecule has 2 amide bonds. The maximum absolute atomic E-state index is 13.3. The highest BCUT2D eigenvalue weighted by molar-refractivity contribution is 7.80. The van der Waals surface area contributed by atoms with Crippen LogP contribution < -0.4 is 10.2 Å². The van der Waals surface area contributed by atoms with Crippen LogP contribution in [0.1, 0.15) is 16.7 Å². The molecule has 7 heteroatoms. The number of nitrogens with zero attached hydrogens (tertiary/aromatic N) is 3. The number of carbonyl (C=O) groups is 2. The van der Waals surface area contributed by atoms with Gasteiger partial charge in [0, 0.05) is 22.7 Å². The van der Waals surface area contributed by atoms with Gasteiger partial charge in [0.15, 0.2) is 5.11 Å². The number of aryl methyl sites for hydroxylation is 2. The van der Waals surface area contributed by atoms with Gasteiger partial charge in [-0.3, -0.25) is 19.8 Å². The van der Waals surface area contributed by atoms with Crippen molar-refractivity contribution in [2.24, 2.45) is 0 Å². The Morgan fingerprint density at radius 1 is 1.13 bits per heavy atom. The maximum atomic E-state index is 13.3. The Kier molecular flexibility index (Phi) is 4.94. The lowest BCUT2D eigenvalue weighted by molar-refractivity contribution is -0.122. The third kappa shape index (κ3) is 3.38. The van der Waals surface area contributed by atoms with E-state index in [4.69, 9.17) is 17.5 Å². The zero-order valence-electron chi connectivity index (χ0n) is 16.5. The first-order valence-electron chi connectivity index (χ1n) is 9.33. The van der Waals surface area contributed by atoms with Crippen LogP contribution in [0.25, 0.3) is 17.0 Å². The molecule has 0 bridgehead atoms. The van der Waals surface area contributed by atoms with E-state index in [0.29, 0.717) is 11.3 Å². The van der Waals surface area contributed by atoms with Gasteiger partial charge in [-0.2, -0.15) is 5.26 Å². The second-order valence-electron chi connectivity index (χ2n) is 7.19. The van der Waals surface area contributed by atoms with E-state index in [1.54, 1.807) is 16.8 Å². The Hall–Kier alpha value is -3.76. The van der Waals surface area contributed by atoms with Gasteiger partial charge in [-0.1, -0.05) is 24.3 Å². The molecule has 1 fully saturated rings. The highest BCUT2D eigenvalue weighted by Crippen LogP contribution is 2.27. The van der Waals surface area contributed by atoms with Crippen LogP contribution in [0.15, 0.2) is 54.2 Å². The van der Waals surface area contributed by atoms with E-state index >= 15 is 0 Å². The number of carbonyl (C=O) groups excluding carboxylic acids is 2. The molecule has 0 unspecified atom stereocenters. The predicted octanol–water partition coefficient (Wildman–Crippen LogP) is 3.61. The molecular formula is C23H18N4O2S. The second kappa shape index (κ2) is 7.58. The average molecular weight is 414 g/mol. The summed E-state index contributed by atoms with van der Waals surface area (Å²) in [4.78, 5) is 27.3. The Balaban J connectivity index is 1.82. The van der Waals surface area contributed by atoms with Gasteiger partial charge in [-0.25, -0.2) is 0 Å². The fraction of sp³-hybridized carbons (Fsp3) is 0.130. The van der Waals surface area contributed by atoms with E-state index in [9.17, 15) is 9.59 Å². The first-order valence-corrected chi connectivity index (χ1v) is 9.74. The molecule has 0 radical (unpaired) electrons. The number of aromatic nitrogens is 1. The Morgan fingerprint density at radius 3 is 2.53 bits per heavy atom. The summed E-state index contributed by atoms with van der Waals surface area (Å²) < 4.78 is 1.79. The second-order valence-corrected chi connectivity index (χ2v) is 7.58. The average Bonchev–Trinajstić information content (AvgIpc) is 3.02. The molecule has 1 saturated heterocycles. The molecule has 0 spiro atoms. The number of nitriles is 1. The summed E-state index contributed by atoms with van der Waals surface area (Å²) in [6, 6.07) is 15.4. The summed E-state index contributed by atoms with van der Waals surface area (Å²) in [5.41, 5.74) is 4.12. The van der Waals surface area contributed by atoms with Gasteiger partial charge in [0.05, 0.1) is 11.8 Å². The molecule has 4 rings (SSSR count). The quantitative estimate of drug-likeness (QED) is 0.403.